The second kappa shape index (κ2) is 12.5. The molecule has 3 rings (SSSR count). The van der Waals surface area contributed by atoms with E-state index in [0.29, 0.717) is 23.9 Å². The summed E-state index contributed by atoms with van der Waals surface area (Å²) < 4.78 is 11.0. The Kier molecular flexibility index (Phi) is 9.44. The standard InChI is InChI=1S/C29H37N3O5/c1-6-21(25(33)27-31-22-14-10-11-15-24(22)37-27)30-26(34)23(16-19(2)17-29(3,4)5)32-28(35)36-18-20-12-8-7-9-13-20/h7-15,19,21,23H,6,16-18H2,1-5H3,(H,30,34)(H,32,35)/t19?,21-,23?/m0/s1. The van der Waals surface area contributed by atoms with Crippen molar-refractivity contribution in [2.45, 2.75) is 72.6 Å². The summed E-state index contributed by atoms with van der Waals surface area (Å²) >= 11 is 0. The van der Waals surface area contributed by atoms with Gasteiger partial charge in [-0.15, -0.1) is 0 Å². The summed E-state index contributed by atoms with van der Waals surface area (Å²) in [5, 5.41) is 5.51. The minimum atomic E-state index is -0.869. The lowest BCUT2D eigenvalue weighted by molar-refractivity contribution is -0.124. The zero-order valence-corrected chi connectivity index (χ0v) is 22.2. The summed E-state index contributed by atoms with van der Waals surface area (Å²) in [5.74, 6) is -0.784. The highest BCUT2D eigenvalue weighted by Crippen LogP contribution is 2.27. The predicted molar refractivity (Wildman–Crippen MR) is 142 cm³/mol. The Morgan fingerprint density at radius 1 is 0.973 bits per heavy atom. The van der Waals surface area contributed by atoms with Crippen LogP contribution < -0.4 is 10.6 Å². The quantitative estimate of drug-likeness (QED) is 0.324. The summed E-state index contributed by atoms with van der Waals surface area (Å²) in [6.07, 6.45) is 0.907. The Morgan fingerprint density at radius 3 is 2.30 bits per heavy atom. The summed E-state index contributed by atoms with van der Waals surface area (Å²) in [7, 11) is 0. The molecule has 0 saturated heterocycles. The molecule has 1 aromatic heterocycles. The Balaban J connectivity index is 1.70. The molecule has 2 N–H and O–H groups in total. The fourth-order valence-electron chi connectivity index (χ4n) is 4.42. The molecule has 1 heterocycles. The largest absolute Gasteiger partial charge is 0.445 e. The van der Waals surface area contributed by atoms with Gasteiger partial charge in [0.1, 0.15) is 18.2 Å². The molecule has 0 bridgehead atoms. The summed E-state index contributed by atoms with van der Waals surface area (Å²) in [6.45, 7) is 10.3. The van der Waals surface area contributed by atoms with E-state index in [9.17, 15) is 14.4 Å². The van der Waals surface area contributed by atoms with E-state index in [2.05, 4.69) is 36.4 Å². The highest BCUT2D eigenvalue weighted by Gasteiger charge is 2.31. The van der Waals surface area contributed by atoms with Crippen molar-refractivity contribution >= 4 is 28.9 Å². The number of hydrogen-bond donors (Lipinski definition) is 2. The van der Waals surface area contributed by atoms with Gasteiger partial charge in [-0.05, 0) is 48.3 Å². The van der Waals surface area contributed by atoms with Gasteiger partial charge in [-0.3, -0.25) is 9.59 Å². The molecule has 3 aromatic rings. The second-order valence-corrected chi connectivity index (χ2v) is 10.7. The van der Waals surface area contributed by atoms with E-state index in [1.807, 2.05) is 43.3 Å². The maximum atomic E-state index is 13.3. The fraction of sp³-hybridized carbons (Fsp3) is 0.448. The van der Waals surface area contributed by atoms with Gasteiger partial charge in [0.05, 0.1) is 6.04 Å². The van der Waals surface area contributed by atoms with Crippen molar-refractivity contribution in [1.29, 1.82) is 0 Å². The first-order valence-corrected chi connectivity index (χ1v) is 12.7. The van der Waals surface area contributed by atoms with E-state index in [1.54, 1.807) is 25.1 Å². The maximum Gasteiger partial charge on any atom is 0.408 e. The Morgan fingerprint density at radius 2 is 1.65 bits per heavy atom. The zero-order chi connectivity index (χ0) is 27.0. The van der Waals surface area contributed by atoms with Crippen molar-refractivity contribution in [1.82, 2.24) is 15.6 Å². The zero-order valence-electron chi connectivity index (χ0n) is 22.2. The Labute approximate surface area is 218 Å². The predicted octanol–water partition coefficient (Wildman–Crippen LogP) is 5.66. The number of ketones is 1. The molecule has 8 nitrogen and oxygen atoms in total. The number of para-hydroxylation sites is 2. The van der Waals surface area contributed by atoms with Crippen molar-refractivity contribution in [3.8, 4) is 0 Å². The fourth-order valence-corrected chi connectivity index (χ4v) is 4.42. The number of hydrogen-bond acceptors (Lipinski definition) is 6. The first kappa shape index (κ1) is 27.9. The topological polar surface area (TPSA) is 111 Å². The lowest BCUT2D eigenvalue weighted by Crippen LogP contribution is -2.52. The first-order chi connectivity index (χ1) is 17.6. The van der Waals surface area contributed by atoms with Crippen molar-refractivity contribution in [3.63, 3.8) is 0 Å². The number of carbonyl (C=O) groups is 3. The number of rotatable bonds is 11. The number of ether oxygens (including phenoxy) is 1. The number of aromatic nitrogens is 1. The molecule has 2 aromatic carbocycles. The number of benzene rings is 2. The van der Waals surface area contributed by atoms with E-state index in [0.717, 1.165) is 12.0 Å². The van der Waals surface area contributed by atoms with Gasteiger partial charge in [0, 0.05) is 0 Å². The lowest BCUT2D eigenvalue weighted by Gasteiger charge is -2.27. The second-order valence-electron chi connectivity index (χ2n) is 10.7. The van der Waals surface area contributed by atoms with E-state index < -0.39 is 29.9 Å². The highest BCUT2D eigenvalue weighted by molar-refractivity contribution is 6.00. The van der Waals surface area contributed by atoms with Crippen LogP contribution in [0.25, 0.3) is 11.1 Å². The third kappa shape index (κ3) is 8.44. The molecule has 0 aliphatic carbocycles. The van der Waals surface area contributed by atoms with Gasteiger partial charge in [0.25, 0.3) is 5.89 Å². The van der Waals surface area contributed by atoms with Crippen LogP contribution in [0.5, 0.6) is 0 Å². The highest BCUT2D eigenvalue weighted by atomic mass is 16.5. The molecule has 3 atom stereocenters. The summed E-state index contributed by atoms with van der Waals surface area (Å²) in [4.78, 5) is 43.3. The van der Waals surface area contributed by atoms with Crippen LogP contribution >= 0.6 is 0 Å². The average Bonchev–Trinajstić information content (AvgIpc) is 3.29. The number of fused-ring (bicyclic) bond motifs is 1. The molecule has 8 heteroatoms. The third-order valence-electron chi connectivity index (χ3n) is 5.97. The molecule has 0 spiro atoms. The van der Waals surface area contributed by atoms with Crippen LogP contribution in [0, 0.1) is 11.3 Å². The smallest absolute Gasteiger partial charge is 0.408 e. The van der Waals surface area contributed by atoms with Crippen LogP contribution in [0.3, 0.4) is 0 Å². The first-order valence-electron chi connectivity index (χ1n) is 12.7. The van der Waals surface area contributed by atoms with E-state index >= 15 is 0 Å². The molecular weight excluding hydrogens is 470 g/mol. The van der Waals surface area contributed by atoms with Gasteiger partial charge in [-0.25, -0.2) is 9.78 Å². The van der Waals surface area contributed by atoms with Gasteiger partial charge in [0.15, 0.2) is 5.58 Å². The van der Waals surface area contributed by atoms with Crippen molar-refractivity contribution in [2.24, 2.45) is 11.3 Å². The van der Waals surface area contributed by atoms with Crippen molar-refractivity contribution in [3.05, 3.63) is 66.1 Å². The number of oxazole rings is 1. The van der Waals surface area contributed by atoms with Gasteiger partial charge in [-0.1, -0.05) is 77.1 Å². The Bertz CT molecular complexity index is 1170. The molecule has 198 valence electrons. The third-order valence-corrected chi connectivity index (χ3v) is 5.97. The molecule has 0 fully saturated rings. The molecule has 0 saturated carbocycles. The number of Topliss-reactive ketones (excluding diaryl/α,β-unsaturated/α-hetero) is 1. The van der Waals surface area contributed by atoms with Crippen LogP contribution in [0.4, 0.5) is 4.79 Å². The molecule has 2 amide bonds. The van der Waals surface area contributed by atoms with Crippen LogP contribution in [-0.4, -0.2) is 34.9 Å². The normalized spacial score (nSPS) is 14.0. The lowest BCUT2D eigenvalue weighted by atomic mass is 9.83. The monoisotopic (exact) mass is 507 g/mol. The number of carbonyl (C=O) groups excluding carboxylic acids is 3. The molecule has 0 radical (unpaired) electrons. The van der Waals surface area contributed by atoms with Crippen molar-refractivity contribution < 1.29 is 23.5 Å². The van der Waals surface area contributed by atoms with E-state index in [4.69, 9.17) is 9.15 Å². The summed E-state index contributed by atoms with van der Waals surface area (Å²) in [5.41, 5.74) is 1.98. The van der Waals surface area contributed by atoms with Gasteiger partial charge >= 0.3 is 6.09 Å². The SMILES string of the molecule is CC[C@H](NC(=O)C(CC(C)CC(C)(C)C)NC(=O)OCc1ccccc1)C(=O)c1nc2ccccc2o1. The molecule has 2 unspecified atom stereocenters. The number of nitrogens with one attached hydrogen (secondary N) is 2. The Hall–Kier alpha value is -3.68. The number of alkyl carbamates (subject to hydrolysis) is 1. The summed E-state index contributed by atoms with van der Waals surface area (Å²) in [6, 6.07) is 14.7. The van der Waals surface area contributed by atoms with Gasteiger partial charge in [-0.2, -0.15) is 0 Å². The van der Waals surface area contributed by atoms with Crippen LogP contribution in [-0.2, 0) is 16.1 Å². The number of amides is 2. The number of nitrogens with zero attached hydrogens (tertiary/aromatic N) is 1. The minimum absolute atomic E-state index is 0.0544. The molecule has 37 heavy (non-hydrogen) atoms. The van der Waals surface area contributed by atoms with Crippen LogP contribution in [0.2, 0.25) is 0 Å². The maximum absolute atomic E-state index is 13.3. The van der Waals surface area contributed by atoms with Crippen LogP contribution in [0.15, 0.2) is 59.0 Å². The molecular formula is C29H37N3O5. The molecule has 0 aliphatic heterocycles. The molecule has 0 aliphatic rings. The van der Waals surface area contributed by atoms with E-state index in [-0.39, 0.29) is 23.8 Å². The minimum Gasteiger partial charge on any atom is -0.445 e. The van der Waals surface area contributed by atoms with Crippen molar-refractivity contribution in [2.75, 3.05) is 0 Å². The average molecular weight is 508 g/mol. The van der Waals surface area contributed by atoms with Gasteiger partial charge < -0.3 is 19.8 Å². The van der Waals surface area contributed by atoms with Crippen LogP contribution in [0.1, 0.15) is 70.1 Å². The van der Waals surface area contributed by atoms with Gasteiger partial charge in [0.2, 0.25) is 11.7 Å². The van der Waals surface area contributed by atoms with E-state index in [1.165, 1.54) is 0 Å².